The van der Waals surface area contributed by atoms with E-state index in [1.807, 2.05) is 24.3 Å². The van der Waals surface area contributed by atoms with Gasteiger partial charge in [-0.3, -0.25) is 4.74 Å². The van der Waals surface area contributed by atoms with Gasteiger partial charge in [0.1, 0.15) is 0 Å². The minimum Gasteiger partial charge on any atom is -0.310 e. The molecule has 1 aromatic carbocycles. The van der Waals surface area contributed by atoms with E-state index in [-0.39, 0.29) is 12.4 Å². The summed E-state index contributed by atoms with van der Waals surface area (Å²) in [6.45, 7) is 4.61. The lowest BCUT2D eigenvalue weighted by Crippen LogP contribution is -2.21. The molecule has 0 aliphatic heterocycles. The minimum absolute atomic E-state index is 0.281. The van der Waals surface area contributed by atoms with Crippen molar-refractivity contribution in [2.45, 2.75) is 37.7 Å². The van der Waals surface area contributed by atoms with Gasteiger partial charge >= 0.3 is 6.36 Å². The highest BCUT2D eigenvalue weighted by Gasteiger charge is 2.28. The molecule has 108 valence electrons. The molecule has 1 aromatic rings. The summed E-state index contributed by atoms with van der Waals surface area (Å²) in [7, 11) is 0. The Bertz CT molecular complexity index is 365. The molecule has 2 nitrogen and oxygen atoms in total. The number of halogens is 3. The van der Waals surface area contributed by atoms with E-state index < -0.39 is 6.36 Å². The Labute approximate surface area is 115 Å². The van der Waals surface area contributed by atoms with E-state index in [4.69, 9.17) is 0 Å². The smallest absolute Gasteiger partial charge is 0.310 e. The normalized spacial score (nSPS) is 12.1. The molecule has 0 atom stereocenters. The van der Waals surface area contributed by atoms with Gasteiger partial charge in [0, 0.05) is 23.2 Å². The summed E-state index contributed by atoms with van der Waals surface area (Å²) in [6, 6.07) is 8.20. The number of benzene rings is 1. The fraction of sp³-hybridized carbons (Fsp3) is 0.538. The van der Waals surface area contributed by atoms with E-state index in [9.17, 15) is 13.2 Å². The number of thioether (sulfide) groups is 1. The van der Waals surface area contributed by atoms with Crippen LogP contribution in [0.3, 0.4) is 0 Å². The third kappa shape index (κ3) is 8.13. The first-order valence-corrected chi connectivity index (χ1v) is 7.01. The molecular weight excluding hydrogens is 275 g/mol. The average Bonchev–Trinajstić information content (AvgIpc) is 2.32. The quantitative estimate of drug-likeness (QED) is 0.610. The summed E-state index contributed by atoms with van der Waals surface area (Å²) in [5.41, 5.74) is 1.16. The standard InChI is InChI=1S/C13H18F3NOS/c1-10(2)17-9-11-3-5-12(6-4-11)19-8-7-18-13(14,15)16/h3-6,10,17H,7-9H2,1-2H3. The van der Waals surface area contributed by atoms with E-state index in [0.717, 1.165) is 17.0 Å². The van der Waals surface area contributed by atoms with Gasteiger partial charge in [-0.05, 0) is 17.7 Å². The topological polar surface area (TPSA) is 21.3 Å². The number of alkyl halides is 3. The van der Waals surface area contributed by atoms with Gasteiger partial charge in [-0.2, -0.15) is 0 Å². The van der Waals surface area contributed by atoms with E-state index in [1.54, 1.807) is 0 Å². The van der Waals surface area contributed by atoms with Crippen molar-refractivity contribution in [2.75, 3.05) is 12.4 Å². The minimum atomic E-state index is -4.53. The van der Waals surface area contributed by atoms with Gasteiger partial charge in [0.15, 0.2) is 0 Å². The van der Waals surface area contributed by atoms with Crippen molar-refractivity contribution >= 4 is 11.8 Å². The van der Waals surface area contributed by atoms with Crippen molar-refractivity contribution in [3.8, 4) is 0 Å². The Balaban J connectivity index is 2.28. The highest BCUT2D eigenvalue weighted by atomic mass is 32.2. The largest absolute Gasteiger partial charge is 0.522 e. The highest BCUT2D eigenvalue weighted by Crippen LogP contribution is 2.21. The number of hydrogen-bond acceptors (Lipinski definition) is 3. The van der Waals surface area contributed by atoms with Crippen LogP contribution in [0.1, 0.15) is 19.4 Å². The van der Waals surface area contributed by atoms with Gasteiger partial charge < -0.3 is 5.32 Å². The molecule has 0 saturated carbocycles. The molecule has 0 fully saturated rings. The van der Waals surface area contributed by atoms with Crippen LogP contribution in [0.15, 0.2) is 29.2 Å². The lowest BCUT2D eigenvalue weighted by Gasteiger charge is -2.09. The molecule has 6 heteroatoms. The van der Waals surface area contributed by atoms with E-state index in [0.29, 0.717) is 6.04 Å². The molecule has 0 saturated heterocycles. The fourth-order valence-electron chi connectivity index (χ4n) is 1.34. The van der Waals surface area contributed by atoms with Gasteiger partial charge in [0.25, 0.3) is 0 Å². The molecular formula is C13H18F3NOS. The predicted molar refractivity (Wildman–Crippen MR) is 71.1 cm³/mol. The summed E-state index contributed by atoms with van der Waals surface area (Å²) in [5, 5.41) is 3.30. The Kier molecular flexibility index (Phi) is 6.68. The molecule has 1 N–H and O–H groups in total. The van der Waals surface area contributed by atoms with Crippen LogP contribution >= 0.6 is 11.8 Å². The molecule has 0 unspecified atom stereocenters. The van der Waals surface area contributed by atoms with Crippen molar-refractivity contribution in [3.05, 3.63) is 29.8 Å². The van der Waals surface area contributed by atoms with Gasteiger partial charge in [-0.25, -0.2) is 0 Å². The second kappa shape index (κ2) is 7.77. The second-order valence-electron chi connectivity index (χ2n) is 4.32. The maximum absolute atomic E-state index is 11.7. The van der Waals surface area contributed by atoms with Crippen molar-refractivity contribution < 1.29 is 17.9 Å². The molecule has 0 aromatic heterocycles. The van der Waals surface area contributed by atoms with Crippen molar-refractivity contribution in [1.82, 2.24) is 5.32 Å². The number of hydrogen-bond donors (Lipinski definition) is 1. The first kappa shape index (κ1) is 16.3. The zero-order valence-corrected chi connectivity index (χ0v) is 11.8. The van der Waals surface area contributed by atoms with Crippen LogP contribution in [0.4, 0.5) is 13.2 Å². The Hall–Kier alpha value is -0.720. The van der Waals surface area contributed by atoms with Crippen molar-refractivity contribution in [3.63, 3.8) is 0 Å². The Morgan fingerprint density at radius 2 is 1.84 bits per heavy atom. The Morgan fingerprint density at radius 3 is 2.37 bits per heavy atom. The molecule has 0 amide bonds. The molecule has 0 aliphatic rings. The van der Waals surface area contributed by atoms with Crippen LogP contribution in [-0.2, 0) is 11.3 Å². The zero-order chi connectivity index (χ0) is 14.3. The van der Waals surface area contributed by atoms with Crippen LogP contribution in [-0.4, -0.2) is 24.8 Å². The summed E-state index contributed by atoms with van der Waals surface area (Å²) >= 11 is 1.35. The highest BCUT2D eigenvalue weighted by molar-refractivity contribution is 7.99. The Morgan fingerprint density at radius 1 is 1.21 bits per heavy atom. The van der Waals surface area contributed by atoms with Crippen LogP contribution in [0.25, 0.3) is 0 Å². The monoisotopic (exact) mass is 293 g/mol. The molecule has 19 heavy (non-hydrogen) atoms. The van der Waals surface area contributed by atoms with Gasteiger partial charge in [-0.1, -0.05) is 26.0 Å². The van der Waals surface area contributed by atoms with E-state index >= 15 is 0 Å². The van der Waals surface area contributed by atoms with E-state index in [1.165, 1.54) is 11.8 Å². The van der Waals surface area contributed by atoms with Crippen molar-refractivity contribution in [1.29, 1.82) is 0 Å². The van der Waals surface area contributed by atoms with Gasteiger partial charge in [0.2, 0.25) is 0 Å². The van der Waals surface area contributed by atoms with E-state index in [2.05, 4.69) is 23.9 Å². The lowest BCUT2D eigenvalue weighted by molar-refractivity contribution is -0.322. The van der Waals surface area contributed by atoms with Gasteiger partial charge in [-0.15, -0.1) is 24.9 Å². The molecule has 0 heterocycles. The SMILES string of the molecule is CC(C)NCc1ccc(SCCOC(F)(F)F)cc1. The zero-order valence-electron chi connectivity index (χ0n) is 11.0. The van der Waals surface area contributed by atoms with Gasteiger partial charge in [0.05, 0.1) is 6.61 Å². The average molecular weight is 293 g/mol. The van der Waals surface area contributed by atoms with Crippen LogP contribution in [0.2, 0.25) is 0 Å². The summed E-state index contributed by atoms with van der Waals surface area (Å²) in [4.78, 5) is 0.944. The molecule has 1 rings (SSSR count). The summed E-state index contributed by atoms with van der Waals surface area (Å²) < 4.78 is 38.9. The maximum Gasteiger partial charge on any atom is 0.522 e. The molecule has 0 bridgehead atoms. The first-order chi connectivity index (χ1) is 8.87. The van der Waals surface area contributed by atoms with Crippen LogP contribution in [0.5, 0.6) is 0 Å². The number of ether oxygens (including phenoxy) is 1. The number of rotatable bonds is 7. The third-order valence-electron chi connectivity index (χ3n) is 2.26. The number of nitrogens with one attached hydrogen (secondary N) is 1. The lowest BCUT2D eigenvalue weighted by atomic mass is 10.2. The predicted octanol–water partition coefficient (Wildman–Crippen LogP) is 3.81. The van der Waals surface area contributed by atoms with Crippen LogP contribution < -0.4 is 5.32 Å². The molecule has 0 aliphatic carbocycles. The summed E-state index contributed by atoms with van der Waals surface area (Å²) in [5.74, 6) is 0.281. The first-order valence-electron chi connectivity index (χ1n) is 6.02. The third-order valence-corrected chi connectivity index (χ3v) is 3.23. The van der Waals surface area contributed by atoms with Crippen LogP contribution in [0, 0.1) is 0 Å². The molecule has 0 radical (unpaired) electrons. The molecule has 0 spiro atoms. The fourth-order valence-corrected chi connectivity index (χ4v) is 2.07. The summed E-state index contributed by atoms with van der Waals surface area (Å²) in [6.07, 6.45) is -4.53. The van der Waals surface area contributed by atoms with Crippen molar-refractivity contribution in [2.24, 2.45) is 0 Å². The maximum atomic E-state index is 11.7. The second-order valence-corrected chi connectivity index (χ2v) is 5.49.